The van der Waals surface area contributed by atoms with Crippen LogP contribution in [0.5, 0.6) is 0 Å². The third-order valence-electron chi connectivity index (χ3n) is 3.20. The van der Waals surface area contributed by atoms with E-state index in [1.54, 1.807) is 0 Å². The zero-order chi connectivity index (χ0) is 13.7. The second kappa shape index (κ2) is 6.36. The highest BCUT2D eigenvalue weighted by Crippen LogP contribution is 2.28. The summed E-state index contributed by atoms with van der Waals surface area (Å²) in [5.74, 6) is 2.13. The number of nitrogens with one attached hydrogen (secondary N) is 3. The van der Waals surface area contributed by atoms with Gasteiger partial charge in [-0.3, -0.25) is 4.79 Å². The first kappa shape index (κ1) is 13.6. The van der Waals surface area contributed by atoms with Gasteiger partial charge in [0.2, 0.25) is 5.91 Å². The molecule has 0 aromatic carbocycles. The Morgan fingerprint density at radius 1 is 1.32 bits per heavy atom. The molecule has 1 saturated carbocycles. The molecule has 1 amide bonds. The molecule has 6 heteroatoms. The highest BCUT2D eigenvalue weighted by molar-refractivity contribution is 5.80. The van der Waals surface area contributed by atoms with Gasteiger partial charge in [0.25, 0.3) is 0 Å². The Morgan fingerprint density at radius 2 is 2.05 bits per heavy atom. The van der Waals surface area contributed by atoms with Gasteiger partial charge in [-0.1, -0.05) is 6.92 Å². The minimum atomic E-state index is 0.177. The Hall–Kier alpha value is -1.85. The zero-order valence-electron chi connectivity index (χ0n) is 11.5. The number of anilines is 2. The summed E-state index contributed by atoms with van der Waals surface area (Å²) < 4.78 is 0. The molecule has 1 aromatic heterocycles. The van der Waals surface area contributed by atoms with Crippen molar-refractivity contribution in [1.82, 2.24) is 15.3 Å². The van der Waals surface area contributed by atoms with Crippen LogP contribution in [0.3, 0.4) is 0 Å². The van der Waals surface area contributed by atoms with Crippen molar-refractivity contribution in [3.05, 3.63) is 11.9 Å². The fourth-order valence-corrected chi connectivity index (χ4v) is 1.97. The lowest BCUT2D eigenvalue weighted by Gasteiger charge is -2.13. The summed E-state index contributed by atoms with van der Waals surface area (Å²) in [5, 5.41) is 9.23. The number of hydrogen-bond acceptors (Lipinski definition) is 5. The molecule has 0 aliphatic heterocycles. The zero-order valence-corrected chi connectivity index (χ0v) is 11.5. The molecular weight excluding hydrogens is 242 g/mol. The van der Waals surface area contributed by atoms with E-state index in [0.717, 1.165) is 36.5 Å². The van der Waals surface area contributed by atoms with Gasteiger partial charge in [0.05, 0.1) is 0 Å². The molecule has 0 atom stereocenters. The summed E-state index contributed by atoms with van der Waals surface area (Å²) in [5.41, 5.74) is 1.07. The van der Waals surface area contributed by atoms with Gasteiger partial charge in [-0.15, -0.1) is 0 Å². The molecule has 19 heavy (non-hydrogen) atoms. The average Bonchev–Trinajstić information content (AvgIpc) is 3.27. The minimum absolute atomic E-state index is 0.177. The van der Waals surface area contributed by atoms with Crippen LogP contribution in [0.2, 0.25) is 0 Å². The van der Waals surface area contributed by atoms with Gasteiger partial charge in [-0.05, 0) is 19.3 Å². The summed E-state index contributed by atoms with van der Waals surface area (Å²) in [6.45, 7) is 3.36. The van der Waals surface area contributed by atoms with Crippen LogP contribution in [0.4, 0.5) is 11.6 Å². The second-order valence-electron chi connectivity index (χ2n) is 4.65. The number of nitrogens with zero attached hydrogens (tertiary/aromatic N) is 2. The molecule has 1 aliphatic rings. The fraction of sp³-hybridized carbons (Fsp3) is 0.615. The number of carbonyl (C=O) groups excluding carboxylic acids is 1. The van der Waals surface area contributed by atoms with E-state index in [-0.39, 0.29) is 11.8 Å². The maximum Gasteiger partial charge on any atom is 0.223 e. The van der Waals surface area contributed by atoms with Gasteiger partial charge in [-0.2, -0.15) is 0 Å². The van der Waals surface area contributed by atoms with Crippen LogP contribution >= 0.6 is 0 Å². The first-order chi connectivity index (χ1) is 9.26. The van der Waals surface area contributed by atoms with E-state index in [0.29, 0.717) is 13.1 Å². The maximum absolute atomic E-state index is 11.5. The van der Waals surface area contributed by atoms with Crippen LogP contribution in [0.15, 0.2) is 6.33 Å². The molecule has 0 saturated heterocycles. The summed E-state index contributed by atoms with van der Waals surface area (Å²) >= 11 is 0. The topological polar surface area (TPSA) is 78.9 Å². The third kappa shape index (κ3) is 3.56. The van der Waals surface area contributed by atoms with E-state index in [4.69, 9.17) is 0 Å². The van der Waals surface area contributed by atoms with Gasteiger partial charge in [-0.25, -0.2) is 9.97 Å². The van der Waals surface area contributed by atoms with Crippen molar-refractivity contribution in [3.8, 4) is 0 Å². The average molecular weight is 263 g/mol. The van der Waals surface area contributed by atoms with Crippen molar-refractivity contribution in [1.29, 1.82) is 0 Å². The van der Waals surface area contributed by atoms with E-state index in [1.807, 2.05) is 7.05 Å². The Balaban J connectivity index is 1.83. The van der Waals surface area contributed by atoms with Crippen molar-refractivity contribution in [2.75, 3.05) is 30.8 Å². The number of amides is 1. The molecule has 1 aliphatic carbocycles. The molecule has 2 rings (SSSR count). The normalized spacial score (nSPS) is 14.0. The van der Waals surface area contributed by atoms with Gasteiger partial charge >= 0.3 is 0 Å². The van der Waals surface area contributed by atoms with Gasteiger partial charge in [0.1, 0.15) is 18.0 Å². The molecule has 0 bridgehead atoms. The van der Waals surface area contributed by atoms with Crippen LogP contribution in [-0.4, -0.2) is 36.0 Å². The van der Waals surface area contributed by atoms with Crippen LogP contribution < -0.4 is 16.0 Å². The fourth-order valence-electron chi connectivity index (χ4n) is 1.97. The number of carbonyl (C=O) groups is 1. The molecule has 104 valence electrons. The van der Waals surface area contributed by atoms with Crippen molar-refractivity contribution in [2.45, 2.75) is 26.2 Å². The molecule has 0 spiro atoms. The van der Waals surface area contributed by atoms with E-state index < -0.39 is 0 Å². The Labute approximate surface area is 113 Å². The molecule has 3 N–H and O–H groups in total. The molecule has 1 aromatic rings. The minimum Gasteiger partial charge on any atom is -0.373 e. The van der Waals surface area contributed by atoms with E-state index in [1.165, 1.54) is 6.33 Å². The summed E-state index contributed by atoms with van der Waals surface area (Å²) in [6.07, 6.45) is 4.47. The van der Waals surface area contributed by atoms with E-state index in [9.17, 15) is 4.79 Å². The molecule has 6 nitrogen and oxygen atoms in total. The lowest BCUT2D eigenvalue weighted by molar-refractivity contribution is -0.122. The highest BCUT2D eigenvalue weighted by atomic mass is 16.2. The number of aromatic nitrogens is 2. The van der Waals surface area contributed by atoms with Crippen LogP contribution in [0.1, 0.15) is 25.3 Å². The third-order valence-corrected chi connectivity index (χ3v) is 3.20. The monoisotopic (exact) mass is 263 g/mol. The molecule has 0 unspecified atom stereocenters. The molecule has 1 heterocycles. The predicted molar refractivity (Wildman–Crippen MR) is 75.2 cm³/mol. The first-order valence-corrected chi connectivity index (χ1v) is 6.79. The number of hydrogen-bond donors (Lipinski definition) is 3. The van der Waals surface area contributed by atoms with E-state index in [2.05, 4.69) is 32.8 Å². The number of rotatable bonds is 7. The standard InChI is InChI=1S/C13H21N5O/c1-3-10-11(14-2)17-8-18-12(10)15-6-7-16-13(19)9-4-5-9/h8-9H,3-7H2,1-2H3,(H,16,19)(H2,14,15,17,18). The van der Waals surface area contributed by atoms with Crippen LogP contribution in [-0.2, 0) is 11.2 Å². The van der Waals surface area contributed by atoms with E-state index >= 15 is 0 Å². The van der Waals surface area contributed by atoms with Gasteiger partial charge < -0.3 is 16.0 Å². The van der Waals surface area contributed by atoms with Crippen molar-refractivity contribution >= 4 is 17.5 Å². The maximum atomic E-state index is 11.5. The predicted octanol–water partition coefficient (Wildman–Crippen LogP) is 1.02. The summed E-state index contributed by atoms with van der Waals surface area (Å²) in [4.78, 5) is 19.9. The smallest absolute Gasteiger partial charge is 0.223 e. The largest absolute Gasteiger partial charge is 0.373 e. The Morgan fingerprint density at radius 3 is 2.68 bits per heavy atom. The molecular formula is C13H21N5O. The first-order valence-electron chi connectivity index (χ1n) is 6.79. The second-order valence-corrected chi connectivity index (χ2v) is 4.65. The molecule has 1 fully saturated rings. The summed E-state index contributed by atoms with van der Waals surface area (Å²) in [7, 11) is 1.85. The summed E-state index contributed by atoms with van der Waals surface area (Å²) in [6, 6.07) is 0. The Kier molecular flexibility index (Phi) is 4.54. The lowest BCUT2D eigenvalue weighted by atomic mass is 10.2. The SMILES string of the molecule is CCc1c(NC)ncnc1NCCNC(=O)C1CC1. The van der Waals surface area contributed by atoms with Crippen LogP contribution in [0.25, 0.3) is 0 Å². The quantitative estimate of drug-likeness (QED) is 0.640. The van der Waals surface area contributed by atoms with Gasteiger partial charge in [0.15, 0.2) is 0 Å². The van der Waals surface area contributed by atoms with Crippen molar-refractivity contribution in [3.63, 3.8) is 0 Å². The lowest BCUT2D eigenvalue weighted by Crippen LogP contribution is -2.30. The van der Waals surface area contributed by atoms with Gasteiger partial charge in [0, 0.05) is 31.6 Å². The Bertz CT molecular complexity index is 445. The van der Waals surface area contributed by atoms with Crippen molar-refractivity contribution < 1.29 is 4.79 Å². The van der Waals surface area contributed by atoms with Crippen molar-refractivity contribution in [2.24, 2.45) is 5.92 Å². The molecule has 0 radical (unpaired) electrons. The van der Waals surface area contributed by atoms with Crippen LogP contribution in [0, 0.1) is 5.92 Å². The highest BCUT2D eigenvalue weighted by Gasteiger charge is 2.28.